The fraction of sp³-hybridized carbons (Fsp3) is 0.333. The van der Waals surface area contributed by atoms with Gasteiger partial charge in [-0.25, -0.2) is 4.98 Å². The van der Waals surface area contributed by atoms with Gasteiger partial charge in [0.15, 0.2) is 0 Å². The average molecular weight is 399 g/mol. The maximum Gasteiger partial charge on any atom is 0.226 e. The first-order valence-corrected chi connectivity index (χ1v) is 8.11. The molecule has 8 heteroatoms. The van der Waals surface area contributed by atoms with Crippen molar-refractivity contribution in [2.24, 2.45) is 5.73 Å². The van der Waals surface area contributed by atoms with Gasteiger partial charge in [-0.05, 0) is 17.7 Å². The Bertz CT molecular complexity index is 665. The maximum absolute atomic E-state index is 12.1. The van der Waals surface area contributed by atoms with Crippen LogP contribution in [-0.2, 0) is 9.53 Å². The van der Waals surface area contributed by atoms with Crippen LogP contribution in [0.25, 0.3) is 0 Å². The summed E-state index contributed by atoms with van der Waals surface area (Å²) >= 11 is 0. The Hall–Kier alpha value is -1.86. The van der Waals surface area contributed by atoms with Crippen molar-refractivity contribution < 1.29 is 9.53 Å². The van der Waals surface area contributed by atoms with Crippen molar-refractivity contribution in [1.82, 2.24) is 4.98 Å². The third kappa shape index (κ3) is 6.14. The summed E-state index contributed by atoms with van der Waals surface area (Å²) in [7, 11) is 0. The number of rotatable bonds is 5. The van der Waals surface area contributed by atoms with Crippen LogP contribution in [-0.4, -0.2) is 37.2 Å². The second-order valence-electron chi connectivity index (χ2n) is 5.77. The van der Waals surface area contributed by atoms with E-state index in [2.05, 4.69) is 15.2 Å². The number of aromatic nitrogens is 1. The monoisotopic (exact) mass is 398 g/mol. The predicted molar refractivity (Wildman–Crippen MR) is 108 cm³/mol. The summed E-state index contributed by atoms with van der Waals surface area (Å²) in [5.41, 5.74) is 7.71. The lowest BCUT2D eigenvalue weighted by Crippen LogP contribution is -2.36. The molecule has 1 fully saturated rings. The third-order valence-electron chi connectivity index (χ3n) is 4.00. The van der Waals surface area contributed by atoms with E-state index in [0.29, 0.717) is 5.69 Å². The molecule has 1 aliphatic heterocycles. The van der Waals surface area contributed by atoms with Gasteiger partial charge < -0.3 is 20.7 Å². The predicted octanol–water partition coefficient (Wildman–Crippen LogP) is 2.79. The molecule has 26 heavy (non-hydrogen) atoms. The maximum atomic E-state index is 12.1. The molecule has 3 rings (SSSR count). The minimum Gasteiger partial charge on any atom is -0.378 e. The van der Waals surface area contributed by atoms with E-state index in [-0.39, 0.29) is 43.2 Å². The highest BCUT2D eigenvalue weighted by Gasteiger charge is 2.14. The third-order valence-corrected chi connectivity index (χ3v) is 4.00. The molecule has 0 saturated carbocycles. The van der Waals surface area contributed by atoms with Crippen LogP contribution in [0.4, 0.5) is 11.5 Å². The van der Waals surface area contributed by atoms with Crippen molar-refractivity contribution in [2.45, 2.75) is 12.5 Å². The van der Waals surface area contributed by atoms with Crippen molar-refractivity contribution in [3.63, 3.8) is 0 Å². The van der Waals surface area contributed by atoms with E-state index < -0.39 is 0 Å². The molecule has 0 aliphatic carbocycles. The summed E-state index contributed by atoms with van der Waals surface area (Å²) in [6.07, 6.45) is 1.91. The number of pyridine rings is 1. The molecule has 0 bridgehead atoms. The van der Waals surface area contributed by atoms with Gasteiger partial charge in [-0.15, -0.1) is 24.8 Å². The first-order valence-electron chi connectivity index (χ1n) is 8.11. The van der Waals surface area contributed by atoms with Gasteiger partial charge in [0.25, 0.3) is 0 Å². The number of hydrogen-bond acceptors (Lipinski definition) is 5. The van der Waals surface area contributed by atoms with Crippen molar-refractivity contribution in [3.05, 3.63) is 54.2 Å². The zero-order valence-electron chi connectivity index (χ0n) is 14.3. The van der Waals surface area contributed by atoms with Crippen LogP contribution < -0.4 is 16.0 Å². The van der Waals surface area contributed by atoms with Gasteiger partial charge >= 0.3 is 0 Å². The lowest BCUT2D eigenvalue weighted by atomic mass is 10.0. The highest BCUT2D eigenvalue weighted by molar-refractivity contribution is 5.91. The number of carbonyl (C=O) groups excluding carboxylic acids is 1. The van der Waals surface area contributed by atoms with E-state index in [9.17, 15) is 4.79 Å². The van der Waals surface area contributed by atoms with Gasteiger partial charge in [0.2, 0.25) is 5.91 Å². The first-order chi connectivity index (χ1) is 11.7. The summed E-state index contributed by atoms with van der Waals surface area (Å²) in [4.78, 5) is 18.7. The molecule has 1 amide bonds. The molecular formula is C18H24Cl2N4O2. The van der Waals surface area contributed by atoms with Crippen LogP contribution in [0.3, 0.4) is 0 Å². The molecule has 1 aliphatic rings. The second-order valence-corrected chi connectivity index (χ2v) is 5.77. The summed E-state index contributed by atoms with van der Waals surface area (Å²) in [6, 6.07) is 13.1. The van der Waals surface area contributed by atoms with Crippen LogP contribution in [0, 0.1) is 0 Å². The zero-order chi connectivity index (χ0) is 16.8. The highest BCUT2D eigenvalue weighted by atomic mass is 35.5. The Morgan fingerprint density at radius 2 is 1.85 bits per heavy atom. The molecule has 1 atom stereocenters. The second kappa shape index (κ2) is 11.0. The van der Waals surface area contributed by atoms with E-state index in [1.165, 1.54) is 0 Å². The first kappa shape index (κ1) is 22.2. The van der Waals surface area contributed by atoms with Gasteiger partial charge in [-0.1, -0.05) is 30.3 Å². The van der Waals surface area contributed by atoms with Gasteiger partial charge in [0, 0.05) is 25.6 Å². The van der Waals surface area contributed by atoms with Crippen LogP contribution in [0.2, 0.25) is 0 Å². The Labute approximate surface area is 165 Å². The molecule has 2 aromatic rings. The number of amides is 1. The number of anilines is 2. The summed E-state index contributed by atoms with van der Waals surface area (Å²) < 4.78 is 5.33. The molecule has 1 aromatic carbocycles. The molecule has 3 N–H and O–H groups in total. The van der Waals surface area contributed by atoms with E-state index >= 15 is 0 Å². The Balaban J connectivity index is 0.00000169. The molecule has 1 unspecified atom stereocenters. The Kier molecular flexibility index (Phi) is 9.37. The number of nitrogens with two attached hydrogens (primary N) is 1. The van der Waals surface area contributed by atoms with Crippen molar-refractivity contribution in [3.8, 4) is 0 Å². The van der Waals surface area contributed by atoms with E-state index in [0.717, 1.165) is 37.7 Å². The molecule has 1 aromatic heterocycles. The summed E-state index contributed by atoms with van der Waals surface area (Å²) in [6.45, 7) is 3.12. The van der Waals surface area contributed by atoms with Crippen molar-refractivity contribution >= 4 is 42.2 Å². The molecule has 2 heterocycles. The number of nitrogens with zero attached hydrogens (tertiary/aromatic N) is 2. The van der Waals surface area contributed by atoms with Gasteiger partial charge in [-0.2, -0.15) is 0 Å². The fourth-order valence-corrected chi connectivity index (χ4v) is 2.67. The van der Waals surface area contributed by atoms with Crippen molar-refractivity contribution in [1.29, 1.82) is 0 Å². The number of hydrogen-bond donors (Lipinski definition) is 2. The number of ether oxygens (including phenoxy) is 1. The largest absolute Gasteiger partial charge is 0.378 e. The lowest BCUT2D eigenvalue weighted by Gasteiger charge is -2.27. The summed E-state index contributed by atoms with van der Waals surface area (Å²) in [5, 5.41) is 2.85. The Morgan fingerprint density at radius 3 is 2.46 bits per heavy atom. The molecule has 0 radical (unpaired) electrons. The SMILES string of the molecule is Cl.Cl.NC(CC(=O)Nc1ccc(N2CCOCC2)nc1)c1ccccc1. The number of halogens is 2. The van der Waals surface area contributed by atoms with Gasteiger partial charge in [0.1, 0.15) is 5.82 Å². The molecule has 142 valence electrons. The summed E-state index contributed by atoms with van der Waals surface area (Å²) in [5.74, 6) is 0.782. The minimum atomic E-state index is -0.313. The number of benzene rings is 1. The smallest absolute Gasteiger partial charge is 0.226 e. The lowest BCUT2D eigenvalue weighted by molar-refractivity contribution is -0.116. The number of nitrogens with one attached hydrogen (secondary N) is 1. The van der Waals surface area contributed by atoms with Gasteiger partial charge in [0.05, 0.1) is 25.1 Å². The normalized spacial score (nSPS) is 14.6. The van der Waals surface area contributed by atoms with Gasteiger partial charge in [-0.3, -0.25) is 4.79 Å². The number of morpholine rings is 1. The quantitative estimate of drug-likeness (QED) is 0.808. The van der Waals surface area contributed by atoms with Crippen LogP contribution in [0.1, 0.15) is 18.0 Å². The van der Waals surface area contributed by atoms with Crippen molar-refractivity contribution in [2.75, 3.05) is 36.5 Å². The molecule has 6 nitrogen and oxygen atoms in total. The van der Waals surface area contributed by atoms with Crippen LogP contribution in [0.15, 0.2) is 48.7 Å². The van der Waals surface area contributed by atoms with Crippen LogP contribution >= 0.6 is 24.8 Å². The number of carbonyl (C=O) groups is 1. The van der Waals surface area contributed by atoms with E-state index in [4.69, 9.17) is 10.5 Å². The Morgan fingerprint density at radius 1 is 1.15 bits per heavy atom. The topological polar surface area (TPSA) is 80.5 Å². The zero-order valence-corrected chi connectivity index (χ0v) is 16.0. The fourth-order valence-electron chi connectivity index (χ4n) is 2.67. The van der Waals surface area contributed by atoms with Crippen LogP contribution in [0.5, 0.6) is 0 Å². The highest BCUT2D eigenvalue weighted by Crippen LogP contribution is 2.17. The van der Waals surface area contributed by atoms with E-state index in [1.54, 1.807) is 6.20 Å². The molecule has 1 saturated heterocycles. The van der Waals surface area contributed by atoms with E-state index in [1.807, 2.05) is 42.5 Å². The molecular weight excluding hydrogens is 375 g/mol. The minimum absolute atomic E-state index is 0. The average Bonchev–Trinajstić information content (AvgIpc) is 2.64. The standard InChI is InChI=1S/C18H22N4O2.2ClH/c19-16(14-4-2-1-3-5-14)12-18(23)21-15-6-7-17(20-13-15)22-8-10-24-11-9-22;;/h1-7,13,16H,8-12,19H2,(H,21,23);2*1H. The molecule has 0 spiro atoms.